The number of rotatable bonds is 5. The van der Waals surface area contributed by atoms with Gasteiger partial charge in [-0.1, -0.05) is 24.3 Å². The predicted octanol–water partition coefficient (Wildman–Crippen LogP) is 2.33. The van der Waals surface area contributed by atoms with Crippen LogP contribution in [-0.2, 0) is 4.79 Å². The molecule has 1 aliphatic rings. The van der Waals surface area contributed by atoms with Gasteiger partial charge in [0.05, 0.1) is 12.6 Å². The Hall–Kier alpha value is -3.02. The summed E-state index contributed by atoms with van der Waals surface area (Å²) in [6.45, 7) is 3.97. The summed E-state index contributed by atoms with van der Waals surface area (Å²) in [5.74, 6) is 0.563. The van der Waals surface area contributed by atoms with Gasteiger partial charge in [0, 0.05) is 5.56 Å². The van der Waals surface area contributed by atoms with Crippen LogP contribution in [0, 0.1) is 6.92 Å². The highest BCUT2D eigenvalue weighted by atomic mass is 16.7. The van der Waals surface area contributed by atoms with Gasteiger partial charge in [-0.3, -0.25) is 9.59 Å². The molecule has 2 aromatic carbocycles. The van der Waals surface area contributed by atoms with E-state index >= 15 is 0 Å². The van der Waals surface area contributed by atoms with E-state index in [0.717, 1.165) is 11.1 Å². The first kappa shape index (κ1) is 16.8. The van der Waals surface area contributed by atoms with Crippen molar-refractivity contribution in [2.75, 3.05) is 13.3 Å². The lowest BCUT2D eigenvalue weighted by atomic mass is 10.0. The molecule has 1 heterocycles. The molecule has 130 valence electrons. The average molecular weight is 340 g/mol. The zero-order valence-corrected chi connectivity index (χ0v) is 14.2. The van der Waals surface area contributed by atoms with Crippen molar-refractivity contribution in [1.29, 1.82) is 0 Å². The summed E-state index contributed by atoms with van der Waals surface area (Å²) in [6.07, 6.45) is 0. The van der Waals surface area contributed by atoms with Crippen LogP contribution in [0.25, 0.3) is 0 Å². The normalized spacial score (nSPS) is 13.2. The van der Waals surface area contributed by atoms with Crippen molar-refractivity contribution in [2.45, 2.75) is 19.9 Å². The molecule has 6 nitrogen and oxygen atoms in total. The SMILES string of the molecule is Cc1ccccc1[C@H](C)NC(=O)CNC(=O)c1ccc2c(c1)OCO2. The van der Waals surface area contributed by atoms with E-state index in [9.17, 15) is 9.59 Å². The standard InChI is InChI=1S/C19H20N2O4/c1-12-5-3-4-6-15(12)13(2)21-18(22)10-20-19(23)14-7-8-16-17(9-14)25-11-24-16/h3-9,13H,10-11H2,1-2H3,(H,20,23)(H,21,22)/t13-/m0/s1. The average Bonchev–Trinajstić information content (AvgIpc) is 3.07. The Morgan fingerprint density at radius 2 is 1.88 bits per heavy atom. The molecule has 0 saturated heterocycles. The molecule has 6 heteroatoms. The van der Waals surface area contributed by atoms with E-state index in [0.29, 0.717) is 17.1 Å². The van der Waals surface area contributed by atoms with Crippen LogP contribution in [0.2, 0.25) is 0 Å². The second kappa shape index (κ2) is 7.25. The van der Waals surface area contributed by atoms with E-state index in [1.165, 1.54) is 0 Å². The first-order valence-corrected chi connectivity index (χ1v) is 8.07. The van der Waals surface area contributed by atoms with Crippen LogP contribution < -0.4 is 20.1 Å². The van der Waals surface area contributed by atoms with Gasteiger partial charge in [-0.05, 0) is 43.2 Å². The predicted molar refractivity (Wildman–Crippen MR) is 92.6 cm³/mol. The Kier molecular flexibility index (Phi) is 4.88. The topological polar surface area (TPSA) is 76.7 Å². The molecule has 2 amide bonds. The molecule has 0 fully saturated rings. The monoisotopic (exact) mass is 340 g/mol. The van der Waals surface area contributed by atoms with Crippen LogP contribution in [0.4, 0.5) is 0 Å². The van der Waals surface area contributed by atoms with E-state index in [4.69, 9.17) is 9.47 Å². The van der Waals surface area contributed by atoms with Crippen LogP contribution in [0.1, 0.15) is 34.5 Å². The summed E-state index contributed by atoms with van der Waals surface area (Å²) < 4.78 is 10.5. The molecule has 2 aromatic rings. The third-order valence-electron chi connectivity index (χ3n) is 4.08. The van der Waals surface area contributed by atoms with Gasteiger partial charge in [-0.2, -0.15) is 0 Å². The van der Waals surface area contributed by atoms with Gasteiger partial charge >= 0.3 is 0 Å². The molecule has 0 spiro atoms. The van der Waals surface area contributed by atoms with Gasteiger partial charge < -0.3 is 20.1 Å². The second-order valence-corrected chi connectivity index (χ2v) is 5.90. The van der Waals surface area contributed by atoms with Crippen LogP contribution in [0.3, 0.4) is 0 Å². The zero-order valence-electron chi connectivity index (χ0n) is 14.2. The summed E-state index contributed by atoms with van der Waals surface area (Å²) in [6, 6.07) is 12.7. The summed E-state index contributed by atoms with van der Waals surface area (Å²) in [5, 5.41) is 5.50. The van der Waals surface area contributed by atoms with Crippen LogP contribution in [-0.4, -0.2) is 25.2 Å². The van der Waals surface area contributed by atoms with Crippen molar-refractivity contribution in [3.8, 4) is 11.5 Å². The molecule has 1 aliphatic heterocycles. The molecule has 1 atom stereocenters. The lowest BCUT2D eigenvalue weighted by Crippen LogP contribution is -2.38. The van der Waals surface area contributed by atoms with E-state index in [1.807, 2.05) is 38.1 Å². The number of carbonyl (C=O) groups excluding carboxylic acids is 2. The number of aryl methyl sites for hydroxylation is 1. The fourth-order valence-electron chi connectivity index (χ4n) is 2.74. The molecular formula is C19H20N2O4. The number of benzene rings is 2. The Morgan fingerprint density at radius 3 is 2.68 bits per heavy atom. The van der Waals surface area contributed by atoms with E-state index in [-0.39, 0.29) is 31.2 Å². The molecule has 0 saturated carbocycles. The summed E-state index contributed by atoms with van der Waals surface area (Å²) >= 11 is 0. The lowest BCUT2D eigenvalue weighted by Gasteiger charge is -2.16. The number of fused-ring (bicyclic) bond motifs is 1. The maximum absolute atomic E-state index is 12.2. The van der Waals surface area contributed by atoms with Crippen molar-refractivity contribution in [2.24, 2.45) is 0 Å². The highest BCUT2D eigenvalue weighted by Gasteiger charge is 2.17. The minimum absolute atomic E-state index is 0.0938. The molecule has 0 bridgehead atoms. The minimum atomic E-state index is -0.336. The van der Waals surface area contributed by atoms with E-state index < -0.39 is 0 Å². The quantitative estimate of drug-likeness (QED) is 0.876. The Balaban J connectivity index is 1.53. The van der Waals surface area contributed by atoms with Crippen molar-refractivity contribution in [3.63, 3.8) is 0 Å². The van der Waals surface area contributed by atoms with Crippen LogP contribution >= 0.6 is 0 Å². The third kappa shape index (κ3) is 3.91. The summed E-state index contributed by atoms with van der Waals surface area (Å²) in [4.78, 5) is 24.3. The van der Waals surface area contributed by atoms with E-state index in [1.54, 1.807) is 18.2 Å². The number of hydrogen-bond acceptors (Lipinski definition) is 4. The molecule has 0 radical (unpaired) electrons. The molecule has 3 rings (SSSR count). The zero-order chi connectivity index (χ0) is 17.8. The maximum Gasteiger partial charge on any atom is 0.251 e. The fourth-order valence-corrected chi connectivity index (χ4v) is 2.74. The Morgan fingerprint density at radius 1 is 1.12 bits per heavy atom. The molecule has 0 unspecified atom stereocenters. The smallest absolute Gasteiger partial charge is 0.251 e. The second-order valence-electron chi connectivity index (χ2n) is 5.90. The van der Waals surface area contributed by atoms with Gasteiger partial charge in [-0.15, -0.1) is 0 Å². The van der Waals surface area contributed by atoms with Crippen molar-refractivity contribution >= 4 is 11.8 Å². The third-order valence-corrected chi connectivity index (χ3v) is 4.08. The highest BCUT2D eigenvalue weighted by molar-refractivity contribution is 5.97. The van der Waals surface area contributed by atoms with Crippen molar-refractivity contribution in [3.05, 3.63) is 59.2 Å². The van der Waals surface area contributed by atoms with Gasteiger partial charge in [0.15, 0.2) is 11.5 Å². The molecule has 0 aromatic heterocycles. The molecule has 2 N–H and O–H groups in total. The first-order valence-electron chi connectivity index (χ1n) is 8.07. The van der Waals surface area contributed by atoms with Gasteiger partial charge in [-0.25, -0.2) is 0 Å². The number of carbonyl (C=O) groups is 2. The van der Waals surface area contributed by atoms with E-state index in [2.05, 4.69) is 10.6 Å². The Labute approximate surface area is 146 Å². The minimum Gasteiger partial charge on any atom is -0.454 e. The number of amides is 2. The number of ether oxygens (including phenoxy) is 2. The first-order chi connectivity index (χ1) is 12.0. The summed E-state index contributed by atoms with van der Waals surface area (Å²) in [7, 11) is 0. The van der Waals surface area contributed by atoms with Crippen molar-refractivity contribution in [1.82, 2.24) is 10.6 Å². The number of nitrogens with one attached hydrogen (secondary N) is 2. The largest absolute Gasteiger partial charge is 0.454 e. The maximum atomic E-state index is 12.2. The van der Waals surface area contributed by atoms with Crippen molar-refractivity contribution < 1.29 is 19.1 Å². The highest BCUT2D eigenvalue weighted by Crippen LogP contribution is 2.32. The molecule has 25 heavy (non-hydrogen) atoms. The van der Waals surface area contributed by atoms with Gasteiger partial charge in [0.1, 0.15) is 0 Å². The Bertz CT molecular complexity index is 804. The van der Waals surface area contributed by atoms with Crippen LogP contribution in [0.5, 0.6) is 11.5 Å². The molecule has 0 aliphatic carbocycles. The number of hydrogen-bond donors (Lipinski definition) is 2. The van der Waals surface area contributed by atoms with Gasteiger partial charge in [0.25, 0.3) is 5.91 Å². The van der Waals surface area contributed by atoms with Crippen LogP contribution in [0.15, 0.2) is 42.5 Å². The lowest BCUT2D eigenvalue weighted by molar-refractivity contribution is -0.120. The van der Waals surface area contributed by atoms with Gasteiger partial charge in [0.2, 0.25) is 12.7 Å². The molecular weight excluding hydrogens is 320 g/mol. The fraction of sp³-hybridized carbons (Fsp3) is 0.263. The summed E-state index contributed by atoms with van der Waals surface area (Å²) in [5.41, 5.74) is 2.58.